The lowest BCUT2D eigenvalue weighted by Crippen LogP contribution is -2.36. The van der Waals surface area contributed by atoms with Crippen molar-refractivity contribution in [1.82, 2.24) is 5.01 Å². The number of nitrogens with zero attached hydrogens (tertiary/aromatic N) is 2. The fourth-order valence-corrected chi connectivity index (χ4v) is 2.18. The molecular formula is C11H9ClN2O. The molecule has 0 aromatic heterocycles. The van der Waals surface area contributed by atoms with Gasteiger partial charge < -0.3 is 0 Å². The van der Waals surface area contributed by atoms with Crippen molar-refractivity contribution in [2.45, 2.75) is 6.42 Å². The molecule has 2 aliphatic rings. The van der Waals surface area contributed by atoms with E-state index >= 15 is 0 Å². The van der Waals surface area contributed by atoms with Crippen molar-refractivity contribution in [2.24, 2.45) is 0 Å². The summed E-state index contributed by atoms with van der Waals surface area (Å²) in [5.41, 5.74) is 2.11. The van der Waals surface area contributed by atoms with Gasteiger partial charge in [0.2, 0.25) is 5.91 Å². The van der Waals surface area contributed by atoms with E-state index in [-0.39, 0.29) is 5.91 Å². The van der Waals surface area contributed by atoms with Gasteiger partial charge in [0.15, 0.2) is 0 Å². The van der Waals surface area contributed by atoms with E-state index in [1.807, 2.05) is 29.3 Å². The van der Waals surface area contributed by atoms with E-state index in [2.05, 4.69) is 0 Å². The SMILES string of the molecule is O=C1CCN2c3ccc(Cl)cc3C=CN12. The van der Waals surface area contributed by atoms with Crippen molar-refractivity contribution >= 4 is 29.3 Å². The van der Waals surface area contributed by atoms with E-state index < -0.39 is 0 Å². The fraction of sp³-hybridized carbons (Fsp3) is 0.182. The Morgan fingerprint density at radius 1 is 1.33 bits per heavy atom. The highest BCUT2D eigenvalue weighted by molar-refractivity contribution is 6.30. The molecular weight excluding hydrogens is 212 g/mol. The summed E-state index contributed by atoms with van der Waals surface area (Å²) in [4.78, 5) is 11.5. The van der Waals surface area contributed by atoms with E-state index in [1.165, 1.54) is 0 Å². The maximum absolute atomic E-state index is 11.5. The Morgan fingerprint density at radius 3 is 3.07 bits per heavy atom. The zero-order valence-corrected chi connectivity index (χ0v) is 8.74. The lowest BCUT2D eigenvalue weighted by molar-refractivity contribution is -0.125. The van der Waals surface area contributed by atoms with Crippen LogP contribution in [-0.4, -0.2) is 17.5 Å². The van der Waals surface area contributed by atoms with Crippen molar-refractivity contribution in [2.75, 3.05) is 11.6 Å². The number of hydrogen-bond acceptors (Lipinski definition) is 2. The molecule has 0 aliphatic carbocycles. The summed E-state index contributed by atoms with van der Waals surface area (Å²) in [6.07, 6.45) is 4.29. The maximum atomic E-state index is 11.5. The van der Waals surface area contributed by atoms with Crippen molar-refractivity contribution in [3.63, 3.8) is 0 Å². The molecule has 3 rings (SSSR count). The number of hydrogen-bond donors (Lipinski definition) is 0. The van der Waals surface area contributed by atoms with Crippen LogP contribution in [0.3, 0.4) is 0 Å². The predicted molar refractivity (Wildman–Crippen MR) is 59.3 cm³/mol. The summed E-state index contributed by atoms with van der Waals surface area (Å²) in [6, 6.07) is 5.71. The van der Waals surface area contributed by atoms with Crippen molar-refractivity contribution in [1.29, 1.82) is 0 Å². The average Bonchev–Trinajstić information content (AvgIpc) is 2.60. The molecule has 1 fully saturated rings. The topological polar surface area (TPSA) is 23.6 Å². The van der Waals surface area contributed by atoms with Gasteiger partial charge in [-0.15, -0.1) is 0 Å². The monoisotopic (exact) mass is 220 g/mol. The number of amides is 1. The number of anilines is 1. The smallest absolute Gasteiger partial charge is 0.247 e. The molecule has 2 heterocycles. The van der Waals surface area contributed by atoms with Crippen molar-refractivity contribution in [3.05, 3.63) is 35.0 Å². The predicted octanol–water partition coefficient (Wildman–Crippen LogP) is 2.28. The van der Waals surface area contributed by atoms with Crippen LogP contribution in [0.15, 0.2) is 24.4 Å². The van der Waals surface area contributed by atoms with Crippen LogP contribution >= 0.6 is 11.6 Å². The lowest BCUT2D eigenvalue weighted by atomic mass is 10.1. The van der Waals surface area contributed by atoms with Gasteiger partial charge in [-0.2, -0.15) is 0 Å². The molecule has 0 unspecified atom stereocenters. The van der Waals surface area contributed by atoms with Crippen LogP contribution < -0.4 is 5.01 Å². The average molecular weight is 221 g/mol. The third kappa shape index (κ3) is 1.23. The zero-order chi connectivity index (χ0) is 10.4. The Balaban J connectivity index is 2.12. The van der Waals surface area contributed by atoms with Crippen LogP contribution in [0.2, 0.25) is 5.02 Å². The minimum atomic E-state index is 0.145. The number of fused-ring (bicyclic) bond motifs is 3. The van der Waals surface area contributed by atoms with Gasteiger partial charge in [-0.25, -0.2) is 5.01 Å². The molecule has 0 atom stereocenters. The molecule has 0 radical (unpaired) electrons. The minimum Gasteiger partial charge on any atom is -0.278 e. The van der Waals surface area contributed by atoms with Gasteiger partial charge in [0, 0.05) is 29.8 Å². The number of hydrazine groups is 1. The lowest BCUT2D eigenvalue weighted by Gasteiger charge is -2.31. The molecule has 0 bridgehead atoms. The van der Waals surface area contributed by atoms with Gasteiger partial charge in [-0.3, -0.25) is 9.80 Å². The second kappa shape index (κ2) is 3.00. The number of halogens is 1. The first kappa shape index (κ1) is 8.80. The molecule has 0 spiro atoms. The van der Waals surface area contributed by atoms with E-state index in [1.54, 1.807) is 11.2 Å². The van der Waals surface area contributed by atoms with E-state index in [0.717, 1.165) is 22.8 Å². The second-order valence-corrected chi connectivity index (χ2v) is 4.07. The quantitative estimate of drug-likeness (QED) is 0.670. The van der Waals surface area contributed by atoms with Gasteiger partial charge in [-0.1, -0.05) is 11.6 Å². The van der Waals surface area contributed by atoms with E-state index in [9.17, 15) is 4.79 Å². The molecule has 1 aromatic rings. The number of carbonyl (C=O) groups is 1. The van der Waals surface area contributed by atoms with Gasteiger partial charge in [0.05, 0.1) is 5.69 Å². The summed E-state index contributed by atoms with van der Waals surface area (Å²) < 4.78 is 0. The summed E-state index contributed by atoms with van der Waals surface area (Å²) >= 11 is 5.92. The largest absolute Gasteiger partial charge is 0.278 e. The highest BCUT2D eigenvalue weighted by Gasteiger charge is 2.30. The van der Waals surface area contributed by atoms with Crippen LogP contribution in [0.5, 0.6) is 0 Å². The number of carbonyl (C=O) groups excluding carboxylic acids is 1. The third-order valence-electron chi connectivity index (χ3n) is 2.72. The van der Waals surface area contributed by atoms with Crippen LogP contribution in [-0.2, 0) is 4.79 Å². The van der Waals surface area contributed by atoms with Crippen LogP contribution in [0.4, 0.5) is 5.69 Å². The molecule has 4 heteroatoms. The third-order valence-corrected chi connectivity index (χ3v) is 2.95. The molecule has 1 amide bonds. The van der Waals surface area contributed by atoms with Gasteiger partial charge in [0.25, 0.3) is 0 Å². The summed E-state index contributed by atoms with van der Waals surface area (Å²) in [5.74, 6) is 0.145. The second-order valence-electron chi connectivity index (χ2n) is 3.63. The first-order valence-corrected chi connectivity index (χ1v) is 5.21. The van der Waals surface area contributed by atoms with Gasteiger partial charge in [-0.05, 0) is 24.3 Å². The molecule has 2 aliphatic heterocycles. The van der Waals surface area contributed by atoms with Crippen LogP contribution in [0.1, 0.15) is 12.0 Å². The first-order chi connectivity index (χ1) is 7.25. The normalized spacial score (nSPS) is 18.1. The molecule has 15 heavy (non-hydrogen) atoms. The summed E-state index contributed by atoms with van der Waals surface area (Å²) in [7, 11) is 0. The Bertz CT molecular complexity index is 470. The van der Waals surface area contributed by atoms with E-state index in [4.69, 9.17) is 11.6 Å². The minimum absolute atomic E-state index is 0.145. The zero-order valence-electron chi connectivity index (χ0n) is 7.98. The Morgan fingerprint density at radius 2 is 2.20 bits per heavy atom. The summed E-state index contributed by atoms with van der Waals surface area (Å²) in [6.45, 7) is 0.748. The molecule has 3 nitrogen and oxygen atoms in total. The van der Waals surface area contributed by atoms with Gasteiger partial charge >= 0.3 is 0 Å². The Labute approximate surface area is 92.5 Å². The molecule has 0 N–H and O–H groups in total. The standard InChI is InChI=1S/C11H9ClN2O/c12-9-1-2-10-8(7-9)3-5-14-11(15)4-6-13(10)14/h1-3,5,7H,4,6H2. The number of benzene rings is 1. The molecule has 0 saturated carbocycles. The number of rotatable bonds is 0. The van der Waals surface area contributed by atoms with E-state index in [0.29, 0.717) is 6.42 Å². The molecule has 76 valence electrons. The van der Waals surface area contributed by atoms with Crippen molar-refractivity contribution < 1.29 is 4.79 Å². The van der Waals surface area contributed by atoms with Crippen LogP contribution in [0, 0.1) is 0 Å². The van der Waals surface area contributed by atoms with Gasteiger partial charge in [0.1, 0.15) is 0 Å². The highest BCUT2D eigenvalue weighted by Crippen LogP contribution is 2.33. The highest BCUT2D eigenvalue weighted by atomic mass is 35.5. The molecule has 1 aromatic carbocycles. The first-order valence-electron chi connectivity index (χ1n) is 4.83. The summed E-state index contributed by atoms with van der Waals surface area (Å²) in [5, 5.41) is 4.36. The fourth-order valence-electron chi connectivity index (χ4n) is 2.00. The molecule has 1 saturated heterocycles. The Kier molecular flexibility index (Phi) is 1.76. The Hall–Kier alpha value is -1.48. The maximum Gasteiger partial charge on any atom is 0.247 e. The van der Waals surface area contributed by atoms with Crippen molar-refractivity contribution in [3.8, 4) is 0 Å². The van der Waals surface area contributed by atoms with Crippen LogP contribution in [0.25, 0.3) is 6.08 Å².